The fraction of sp³-hybridized carbons (Fsp3) is 0.684. The van der Waals surface area contributed by atoms with Gasteiger partial charge in [-0.25, -0.2) is 0 Å². The summed E-state index contributed by atoms with van der Waals surface area (Å²) in [6.45, 7) is 5.15. The van der Waals surface area contributed by atoms with Crippen LogP contribution in [0, 0.1) is 5.92 Å². The van der Waals surface area contributed by atoms with Gasteiger partial charge in [-0.1, -0.05) is 6.08 Å². The average Bonchev–Trinajstić information content (AvgIpc) is 3.16. The quantitative estimate of drug-likeness (QED) is 0.835. The molecule has 0 saturated carbocycles. The van der Waals surface area contributed by atoms with Gasteiger partial charge < -0.3 is 9.64 Å². The fourth-order valence-electron chi connectivity index (χ4n) is 4.32. The molecule has 0 bridgehead atoms. The van der Waals surface area contributed by atoms with Crippen molar-refractivity contribution in [2.45, 2.75) is 38.3 Å². The van der Waals surface area contributed by atoms with Crippen molar-refractivity contribution >= 4 is 5.91 Å². The van der Waals surface area contributed by atoms with Crippen molar-refractivity contribution in [2.24, 2.45) is 13.0 Å². The Morgan fingerprint density at radius 1 is 1.32 bits per heavy atom. The van der Waals surface area contributed by atoms with Crippen LogP contribution in [0.5, 0.6) is 0 Å². The van der Waals surface area contributed by atoms with Crippen LogP contribution < -0.4 is 0 Å². The van der Waals surface area contributed by atoms with E-state index < -0.39 is 0 Å². The lowest BCUT2D eigenvalue weighted by atomic mass is 9.99. The van der Waals surface area contributed by atoms with E-state index in [4.69, 9.17) is 4.74 Å². The van der Waals surface area contributed by atoms with Crippen LogP contribution in [0.4, 0.5) is 0 Å². The first kappa shape index (κ1) is 16.8. The SMILES string of the molecule is Cn1cc(CN2CCO[C@H]3CN(C(=O)C4=CCCCC4)C[C@H]3C2)cn1. The van der Waals surface area contributed by atoms with Gasteiger partial charge in [0, 0.05) is 63.0 Å². The summed E-state index contributed by atoms with van der Waals surface area (Å²) in [5.74, 6) is 0.655. The monoisotopic (exact) mass is 344 g/mol. The van der Waals surface area contributed by atoms with E-state index in [1.165, 1.54) is 12.0 Å². The predicted octanol–water partition coefficient (Wildman–Crippen LogP) is 1.58. The van der Waals surface area contributed by atoms with Gasteiger partial charge >= 0.3 is 0 Å². The summed E-state index contributed by atoms with van der Waals surface area (Å²) in [5.41, 5.74) is 2.26. The maximum atomic E-state index is 12.8. The van der Waals surface area contributed by atoms with E-state index >= 15 is 0 Å². The Hall–Kier alpha value is -1.66. The van der Waals surface area contributed by atoms with Crippen molar-refractivity contribution in [2.75, 3.05) is 32.8 Å². The van der Waals surface area contributed by atoms with Gasteiger partial charge in [0.15, 0.2) is 0 Å². The number of allylic oxidation sites excluding steroid dienone is 1. The maximum Gasteiger partial charge on any atom is 0.249 e. The Morgan fingerprint density at radius 3 is 3.00 bits per heavy atom. The highest BCUT2D eigenvalue weighted by atomic mass is 16.5. The Morgan fingerprint density at radius 2 is 2.24 bits per heavy atom. The van der Waals surface area contributed by atoms with E-state index in [1.54, 1.807) is 0 Å². The molecule has 1 aromatic rings. The number of rotatable bonds is 3. The number of hydrogen-bond acceptors (Lipinski definition) is 4. The molecule has 2 fully saturated rings. The van der Waals surface area contributed by atoms with Gasteiger partial charge in [0.1, 0.15) is 0 Å². The van der Waals surface area contributed by atoms with E-state index in [-0.39, 0.29) is 12.0 Å². The minimum Gasteiger partial charge on any atom is -0.375 e. The first-order valence-corrected chi connectivity index (χ1v) is 9.49. The lowest BCUT2D eigenvalue weighted by molar-refractivity contribution is -0.127. The molecule has 6 heteroatoms. The Kier molecular flexibility index (Phi) is 4.90. The van der Waals surface area contributed by atoms with E-state index in [9.17, 15) is 4.79 Å². The fourth-order valence-corrected chi connectivity index (χ4v) is 4.32. The summed E-state index contributed by atoms with van der Waals surface area (Å²) >= 11 is 0. The molecule has 0 spiro atoms. The van der Waals surface area contributed by atoms with Crippen molar-refractivity contribution in [3.63, 3.8) is 0 Å². The highest BCUT2D eigenvalue weighted by molar-refractivity contribution is 5.93. The average molecular weight is 344 g/mol. The van der Waals surface area contributed by atoms with Crippen molar-refractivity contribution in [1.82, 2.24) is 19.6 Å². The molecule has 4 rings (SSSR count). The first-order valence-electron chi connectivity index (χ1n) is 9.49. The predicted molar refractivity (Wildman–Crippen MR) is 94.8 cm³/mol. The number of hydrogen-bond donors (Lipinski definition) is 0. The number of carbonyl (C=O) groups excluding carboxylic acids is 1. The van der Waals surface area contributed by atoms with Crippen LogP contribution in [-0.2, 0) is 23.1 Å². The number of aromatic nitrogens is 2. The zero-order chi connectivity index (χ0) is 17.2. The van der Waals surface area contributed by atoms with E-state index in [0.717, 1.165) is 64.2 Å². The molecule has 3 heterocycles. The van der Waals surface area contributed by atoms with Crippen molar-refractivity contribution < 1.29 is 9.53 Å². The summed E-state index contributed by atoms with van der Waals surface area (Å²) in [7, 11) is 1.95. The lowest BCUT2D eigenvalue weighted by Crippen LogP contribution is -2.34. The molecule has 0 aromatic carbocycles. The van der Waals surface area contributed by atoms with Gasteiger partial charge in [-0.3, -0.25) is 14.4 Å². The molecular weight excluding hydrogens is 316 g/mol. The second kappa shape index (κ2) is 7.30. The maximum absolute atomic E-state index is 12.8. The number of likely N-dealkylation sites (tertiary alicyclic amines) is 1. The zero-order valence-electron chi connectivity index (χ0n) is 15.1. The Labute approximate surface area is 149 Å². The molecule has 2 aliphatic heterocycles. The number of carbonyl (C=O) groups is 1. The smallest absolute Gasteiger partial charge is 0.249 e. The number of nitrogens with zero attached hydrogens (tertiary/aromatic N) is 4. The van der Waals surface area contributed by atoms with Crippen LogP contribution >= 0.6 is 0 Å². The van der Waals surface area contributed by atoms with Crippen LogP contribution in [0.1, 0.15) is 31.2 Å². The van der Waals surface area contributed by atoms with Crippen LogP contribution in [-0.4, -0.2) is 64.4 Å². The number of fused-ring (bicyclic) bond motifs is 1. The highest BCUT2D eigenvalue weighted by Crippen LogP contribution is 2.27. The number of ether oxygens (including phenoxy) is 1. The minimum absolute atomic E-state index is 0.187. The molecule has 2 atom stereocenters. The highest BCUT2D eigenvalue weighted by Gasteiger charge is 2.39. The van der Waals surface area contributed by atoms with E-state index in [2.05, 4.69) is 22.3 Å². The van der Waals surface area contributed by atoms with Gasteiger partial charge in [-0.05, 0) is 25.7 Å². The number of amides is 1. The number of aryl methyl sites for hydroxylation is 1. The van der Waals surface area contributed by atoms with Gasteiger partial charge in [0.25, 0.3) is 0 Å². The minimum atomic E-state index is 0.187. The Balaban J connectivity index is 1.38. The van der Waals surface area contributed by atoms with Gasteiger partial charge in [0.2, 0.25) is 5.91 Å². The Bertz CT molecular complexity index is 654. The van der Waals surface area contributed by atoms with E-state index in [1.807, 2.05) is 22.8 Å². The molecule has 0 radical (unpaired) electrons. The van der Waals surface area contributed by atoms with Crippen LogP contribution in [0.25, 0.3) is 0 Å². The zero-order valence-corrected chi connectivity index (χ0v) is 15.1. The van der Waals surface area contributed by atoms with Crippen molar-refractivity contribution in [3.8, 4) is 0 Å². The first-order chi connectivity index (χ1) is 12.2. The second-order valence-corrected chi connectivity index (χ2v) is 7.61. The molecular formula is C19H28N4O2. The molecule has 1 amide bonds. The topological polar surface area (TPSA) is 50.6 Å². The second-order valence-electron chi connectivity index (χ2n) is 7.61. The molecule has 0 N–H and O–H groups in total. The summed E-state index contributed by atoms with van der Waals surface area (Å²) in [5, 5.41) is 4.26. The standard InChI is InChI=1S/C19H28N4O2/c1-21-10-15(9-20-21)11-22-7-8-25-18-14-23(13-17(18)12-22)19(24)16-5-3-2-4-6-16/h5,9-10,17-18H,2-4,6-8,11-14H2,1H3/t17-,18+/m1/s1. The molecule has 1 aliphatic carbocycles. The third-order valence-electron chi connectivity index (χ3n) is 5.63. The largest absolute Gasteiger partial charge is 0.375 e. The normalized spacial score (nSPS) is 27.7. The molecule has 2 saturated heterocycles. The van der Waals surface area contributed by atoms with Crippen LogP contribution in [0.15, 0.2) is 24.0 Å². The van der Waals surface area contributed by atoms with E-state index in [0.29, 0.717) is 5.92 Å². The van der Waals surface area contributed by atoms with Gasteiger partial charge in [0.05, 0.1) is 18.9 Å². The van der Waals surface area contributed by atoms with Crippen LogP contribution in [0.3, 0.4) is 0 Å². The molecule has 25 heavy (non-hydrogen) atoms. The molecule has 1 aromatic heterocycles. The van der Waals surface area contributed by atoms with Crippen molar-refractivity contribution in [3.05, 3.63) is 29.6 Å². The third-order valence-corrected chi connectivity index (χ3v) is 5.63. The van der Waals surface area contributed by atoms with Crippen LogP contribution in [0.2, 0.25) is 0 Å². The molecule has 6 nitrogen and oxygen atoms in total. The molecule has 136 valence electrons. The summed E-state index contributed by atoms with van der Waals surface area (Å²) in [6, 6.07) is 0. The van der Waals surface area contributed by atoms with Gasteiger partial charge in [-0.2, -0.15) is 5.10 Å². The summed E-state index contributed by atoms with van der Waals surface area (Å²) < 4.78 is 7.94. The van der Waals surface area contributed by atoms with Gasteiger partial charge in [-0.15, -0.1) is 0 Å². The molecule has 3 aliphatic rings. The molecule has 0 unspecified atom stereocenters. The van der Waals surface area contributed by atoms with Crippen molar-refractivity contribution in [1.29, 1.82) is 0 Å². The third kappa shape index (κ3) is 3.80. The summed E-state index contributed by atoms with van der Waals surface area (Å²) in [4.78, 5) is 17.3. The summed E-state index contributed by atoms with van der Waals surface area (Å²) in [6.07, 6.45) is 10.7. The lowest BCUT2D eigenvalue weighted by Gasteiger charge is -2.23.